The summed E-state index contributed by atoms with van der Waals surface area (Å²) in [6.07, 6.45) is 5.15. The lowest BCUT2D eigenvalue weighted by Crippen LogP contribution is -2.45. The van der Waals surface area contributed by atoms with Crippen molar-refractivity contribution in [3.05, 3.63) is 48.3 Å². The van der Waals surface area contributed by atoms with Crippen LogP contribution in [0, 0.1) is 11.7 Å². The summed E-state index contributed by atoms with van der Waals surface area (Å²) in [6.45, 7) is 3.39. The first-order valence-electron chi connectivity index (χ1n) is 7.89. The molecule has 0 bridgehead atoms. The third kappa shape index (κ3) is 3.27. The van der Waals surface area contributed by atoms with Crippen molar-refractivity contribution in [3.8, 4) is 5.69 Å². The van der Waals surface area contributed by atoms with E-state index in [9.17, 15) is 9.18 Å². The average Bonchev–Trinajstić information content (AvgIpc) is 3.04. The van der Waals surface area contributed by atoms with Crippen LogP contribution in [0.25, 0.3) is 5.69 Å². The van der Waals surface area contributed by atoms with Crippen LogP contribution in [0.5, 0.6) is 0 Å². The highest BCUT2D eigenvalue weighted by Crippen LogP contribution is 2.21. The number of nitrogens with zero attached hydrogens (tertiary/aromatic N) is 3. The van der Waals surface area contributed by atoms with E-state index in [1.54, 1.807) is 29.2 Å². The molecule has 6 heteroatoms. The van der Waals surface area contributed by atoms with Crippen LogP contribution in [0.2, 0.25) is 0 Å². The Kier molecular flexibility index (Phi) is 4.43. The Hall–Kier alpha value is -2.21. The van der Waals surface area contributed by atoms with Crippen LogP contribution in [-0.2, 0) is 0 Å². The zero-order valence-corrected chi connectivity index (χ0v) is 13.2. The zero-order chi connectivity index (χ0) is 16.4. The highest BCUT2D eigenvalue weighted by molar-refractivity contribution is 5.93. The fourth-order valence-corrected chi connectivity index (χ4v) is 3.05. The van der Waals surface area contributed by atoms with Gasteiger partial charge >= 0.3 is 0 Å². The van der Waals surface area contributed by atoms with Gasteiger partial charge < -0.3 is 10.6 Å². The largest absolute Gasteiger partial charge is 0.337 e. The predicted molar refractivity (Wildman–Crippen MR) is 85.8 cm³/mol. The van der Waals surface area contributed by atoms with Gasteiger partial charge in [-0.05, 0) is 49.9 Å². The van der Waals surface area contributed by atoms with Crippen molar-refractivity contribution in [3.63, 3.8) is 0 Å². The van der Waals surface area contributed by atoms with Gasteiger partial charge in [0.25, 0.3) is 5.91 Å². The van der Waals surface area contributed by atoms with Gasteiger partial charge in [0.1, 0.15) is 11.5 Å². The van der Waals surface area contributed by atoms with Crippen molar-refractivity contribution in [2.24, 2.45) is 11.7 Å². The number of rotatable bonds is 3. The Bertz CT molecular complexity index is 680. The fourth-order valence-electron chi connectivity index (χ4n) is 3.05. The summed E-state index contributed by atoms with van der Waals surface area (Å²) in [5.41, 5.74) is 7.20. The van der Waals surface area contributed by atoms with Crippen LogP contribution in [0.15, 0.2) is 36.8 Å². The minimum Gasteiger partial charge on any atom is -0.337 e. The standard InChI is InChI=1S/C17H21FN4O/c1-12(19)13-3-2-8-21(10-13)17(23)16-9-20-11-22(16)15-6-4-14(18)5-7-15/h4-7,9,11-13H,2-3,8,10,19H2,1H3. The van der Waals surface area contributed by atoms with Crippen molar-refractivity contribution in [1.82, 2.24) is 14.5 Å². The van der Waals surface area contributed by atoms with Gasteiger partial charge in [-0.25, -0.2) is 9.37 Å². The predicted octanol–water partition coefficient (Wildman–Crippen LogP) is 2.21. The van der Waals surface area contributed by atoms with Crippen LogP contribution in [-0.4, -0.2) is 39.5 Å². The SMILES string of the molecule is CC(N)C1CCCN(C(=O)c2cncn2-c2ccc(F)cc2)C1. The van der Waals surface area contributed by atoms with Gasteiger partial charge in [-0.15, -0.1) is 0 Å². The van der Waals surface area contributed by atoms with E-state index in [0.29, 0.717) is 23.8 Å². The number of hydrogen-bond donors (Lipinski definition) is 1. The molecule has 0 radical (unpaired) electrons. The Balaban J connectivity index is 1.83. The first-order valence-corrected chi connectivity index (χ1v) is 7.89. The quantitative estimate of drug-likeness (QED) is 0.944. The Morgan fingerprint density at radius 3 is 2.83 bits per heavy atom. The summed E-state index contributed by atoms with van der Waals surface area (Å²) < 4.78 is 14.8. The number of piperidine rings is 1. The van der Waals surface area contributed by atoms with E-state index in [0.717, 1.165) is 19.4 Å². The van der Waals surface area contributed by atoms with Gasteiger partial charge in [-0.3, -0.25) is 9.36 Å². The number of likely N-dealkylation sites (tertiary alicyclic amines) is 1. The van der Waals surface area contributed by atoms with Crippen LogP contribution in [0.4, 0.5) is 4.39 Å². The molecular weight excluding hydrogens is 295 g/mol. The van der Waals surface area contributed by atoms with Crippen molar-refractivity contribution in [1.29, 1.82) is 0 Å². The molecule has 1 amide bonds. The van der Waals surface area contributed by atoms with Crippen LogP contribution in [0.3, 0.4) is 0 Å². The van der Waals surface area contributed by atoms with Crippen LogP contribution in [0.1, 0.15) is 30.3 Å². The molecule has 2 atom stereocenters. The van der Waals surface area contributed by atoms with E-state index in [4.69, 9.17) is 5.73 Å². The Morgan fingerprint density at radius 2 is 2.13 bits per heavy atom. The van der Waals surface area contributed by atoms with E-state index >= 15 is 0 Å². The highest BCUT2D eigenvalue weighted by Gasteiger charge is 2.28. The molecule has 23 heavy (non-hydrogen) atoms. The molecule has 3 rings (SSSR count). The normalized spacial score (nSPS) is 19.6. The molecule has 1 aromatic heterocycles. The zero-order valence-electron chi connectivity index (χ0n) is 13.2. The molecule has 2 aromatic rings. The Labute approximate surface area is 134 Å². The number of aromatic nitrogens is 2. The number of carbonyl (C=O) groups excluding carboxylic acids is 1. The molecule has 122 valence electrons. The number of hydrogen-bond acceptors (Lipinski definition) is 3. The number of nitrogens with two attached hydrogens (primary N) is 1. The Morgan fingerprint density at radius 1 is 1.39 bits per heavy atom. The minimum atomic E-state index is -0.308. The van der Waals surface area contributed by atoms with E-state index in [2.05, 4.69) is 4.98 Å². The van der Waals surface area contributed by atoms with Crippen molar-refractivity contribution in [2.45, 2.75) is 25.8 Å². The summed E-state index contributed by atoms with van der Waals surface area (Å²) in [7, 11) is 0. The van der Waals surface area contributed by atoms with Gasteiger partial charge in [0.15, 0.2) is 0 Å². The second-order valence-electron chi connectivity index (χ2n) is 6.14. The summed E-state index contributed by atoms with van der Waals surface area (Å²) in [4.78, 5) is 18.8. The number of carbonyl (C=O) groups is 1. The lowest BCUT2D eigenvalue weighted by atomic mass is 9.92. The minimum absolute atomic E-state index is 0.0582. The second-order valence-corrected chi connectivity index (χ2v) is 6.14. The monoisotopic (exact) mass is 316 g/mol. The molecule has 1 fully saturated rings. The molecule has 1 aromatic carbocycles. The summed E-state index contributed by atoms with van der Waals surface area (Å²) in [6, 6.07) is 6.09. The highest BCUT2D eigenvalue weighted by atomic mass is 19.1. The second kappa shape index (κ2) is 6.50. The van der Waals surface area contributed by atoms with Gasteiger partial charge in [0.2, 0.25) is 0 Å². The number of imidazole rings is 1. The maximum Gasteiger partial charge on any atom is 0.272 e. The molecule has 2 unspecified atom stereocenters. The molecule has 1 aliphatic rings. The third-order valence-electron chi connectivity index (χ3n) is 4.45. The summed E-state index contributed by atoms with van der Waals surface area (Å²) in [5.74, 6) is -0.0374. The topological polar surface area (TPSA) is 64.2 Å². The van der Waals surface area contributed by atoms with Gasteiger partial charge in [-0.1, -0.05) is 0 Å². The molecule has 5 nitrogen and oxygen atoms in total. The maximum atomic E-state index is 13.1. The van der Waals surface area contributed by atoms with Gasteiger partial charge in [-0.2, -0.15) is 0 Å². The lowest BCUT2D eigenvalue weighted by molar-refractivity contribution is 0.0653. The average molecular weight is 316 g/mol. The molecule has 2 N–H and O–H groups in total. The van der Waals surface area contributed by atoms with Crippen molar-refractivity contribution < 1.29 is 9.18 Å². The molecule has 0 aliphatic carbocycles. The first kappa shape index (κ1) is 15.7. The first-order chi connectivity index (χ1) is 11.1. The van der Waals surface area contributed by atoms with Crippen molar-refractivity contribution in [2.75, 3.05) is 13.1 Å². The van der Waals surface area contributed by atoms with Crippen LogP contribution >= 0.6 is 0 Å². The molecule has 2 heterocycles. The van der Waals surface area contributed by atoms with E-state index in [1.807, 2.05) is 11.8 Å². The molecular formula is C17H21FN4O. The van der Waals surface area contributed by atoms with E-state index in [1.165, 1.54) is 12.1 Å². The number of amides is 1. The number of benzene rings is 1. The molecule has 0 saturated carbocycles. The third-order valence-corrected chi connectivity index (χ3v) is 4.45. The van der Waals surface area contributed by atoms with E-state index in [-0.39, 0.29) is 17.8 Å². The fraction of sp³-hybridized carbons (Fsp3) is 0.412. The van der Waals surface area contributed by atoms with Gasteiger partial charge in [0, 0.05) is 24.8 Å². The van der Waals surface area contributed by atoms with E-state index < -0.39 is 0 Å². The molecule has 1 saturated heterocycles. The smallest absolute Gasteiger partial charge is 0.272 e. The summed E-state index contributed by atoms with van der Waals surface area (Å²) in [5, 5.41) is 0. The summed E-state index contributed by atoms with van der Waals surface area (Å²) >= 11 is 0. The van der Waals surface area contributed by atoms with Gasteiger partial charge in [0.05, 0.1) is 12.5 Å². The molecule has 1 aliphatic heterocycles. The molecule has 0 spiro atoms. The van der Waals surface area contributed by atoms with Crippen molar-refractivity contribution >= 4 is 5.91 Å². The maximum absolute atomic E-state index is 13.1. The number of halogens is 1. The van der Waals surface area contributed by atoms with Crippen LogP contribution < -0.4 is 5.73 Å². The lowest BCUT2D eigenvalue weighted by Gasteiger charge is -2.34.